The number of halogens is 1. The SMILES string of the molecule is Cc1ccc(C2=Cc3cc(Sc4ccccc4)ccc3C2)c(F)c1. The van der Waals surface area contributed by atoms with Gasteiger partial charge < -0.3 is 0 Å². The van der Waals surface area contributed by atoms with Crippen molar-refractivity contribution in [2.45, 2.75) is 23.1 Å². The number of rotatable bonds is 3. The molecule has 2 heteroatoms. The van der Waals surface area contributed by atoms with Crippen molar-refractivity contribution in [3.63, 3.8) is 0 Å². The molecule has 0 amide bonds. The predicted octanol–water partition coefficient (Wildman–Crippen LogP) is 6.38. The van der Waals surface area contributed by atoms with Gasteiger partial charge in [0.2, 0.25) is 0 Å². The van der Waals surface area contributed by atoms with E-state index in [4.69, 9.17) is 0 Å². The lowest BCUT2D eigenvalue weighted by Gasteiger charge is -2.05. The Kier molecular flexibility index (Phi) is 3.99. The van der Waals surface area contributed by atoms with Crippen LogP contribution in [-0.2, 0) is 6.42 Å². The van der Waals surface area contributed by atoms with Crippen molar-refractivity contribution in [2.75, 3.05) is 0 Å². The molecule has 0 heterocycles. The third kappa shape index (κ3) is 3.02. The summed E-state index contributed by atoms with van der Waals surface area (Å²) in [6.07, 6.45) is 2.92. The molecule has 0 radical (unpaired) electrons. The van der Waals surface area contributed by atoms with Crippen LogP contribution in [0.15, 0.2) is 76.5 Å². The summed E-state index contributed by atoms with van der Waals surface area (Å²) in [5.41, 5.74) is 5.20. The van der Waals surface area contributed by atoms with Gasteiger partial charge in [-0.1, -0.05) is 54.2 Å². The quantitative estimate of drug-likeness (QED) is 0.536. The van der Waals surface area contributed by atoms with E-state index < -0.39 is 0 Å². The van der Waals surface area contributed by atoms with Crippen molar-refractivity contribution in [1.82, 2.24) is 0 Å². The third-order valence-corrected chi connectivity index (χ3v) is 5.27. The van der Waals surface area contributed by atoms with Crippen molar-refractivity contribution in [2.24, 2.45) is 0 Å². The Morgan fingerprint density at radius 2 is 1.71 bits per heavy atom. The highest BCUT2D eigenvalue weighted by Crippen LogP contribution is 2.36. The lowest BCUT2D eigenvalue weighted by atomic mass is 10.0. The Morgan fingerprint density at radius 3 is 2.50 bits per heavy atom. The van der Waals surface area contributed by atoms with E-state index in [0.29, 0.717) is 5.56 Å². The number of allylic oxidation sites excluding steroid dienone is 1. The van der Waals surface area contributed by atoms with E-state index in [1.165, 1.54) is 20.9 Å². The Labute approximate surface area is 146 Å². The van der Waals surface area contributed by atoms with Gasteiger partial charge >= 0.3 is 0 Å². The number of fused-ring (bicyclic) bond motifs is 1. The molecule has 3 aromatic carbocycles. The molecule has 0 bridgehead atoms. The molecule has 0 nitrogen and oxygen atoms in total. The number of hydrogen-bond donors (Lipinski definition) is 0. The molecule has 0 aliphatic heterocycles. The van der Waals surface area contributed by atoms with Crippen LogP contribution in [-0.4, -0.2) is 0 Å². The van der Waals surface area contributed by atoms with Gasteiger partial charge in [0.1, 0.15) is 5.82 Å². The first kappa shape index (κ1) is 15.2. The van der Waals surface area contributed by atoms with Crippen LogP contribution >= 0.6 is 11.8 Å². The maximum absolute atomic E-state index is 14.2. The molecule has 0 spiro atoms. The maximum Gasteiger partial charge on any atom is 0.130 e. The Balaban J connectivity index is 1.63. The Hall–Kier alpha value is -2.32. The summed E-state index contributed by atoms with van der Waals surface area (Å²) in [6.45, 7) is 1.91. The van der Waals surface area contributed by atoms with Gasteiger partial charge in [-0.05, 0) is 65.9 Å². The van der Waals surface area contributed by atoms with Crippen molar-refractivity contribution in [3.05, 3.63) is 94.8 Å². The van der Waals surface area contributed by atoms with Gasteiger partial charge in [-0.2, -0.15) is 0 Å². The lowest BCUT2D eigenvalue weighted by Crippen LogP contribution is -1.91. The average Bonchev–Trinajstić information content (AvgIpc) is 2.98. The standard InChI is InChI=1S/C22H17FS/c1-15-7-10-21(22(23)11-15)18-12-16-8-9-20(14-17(16)13-18)24-19-5-3-2-4-6-19/h2-11,13-14H,12H2,1H3. The van der Waals surface area contributed by atoms with E-state index in [1.54, 1.807) is 17.8 Å². The molecule has 0 unspecified atom stereocenters. The Bertz CT molecular complexity index is 926. The van der Waals surface area contributed by atoms with Crippen LogP contribution in [0.3, 0.4) is 0 Å². The molecule has 1 aliphatic carbocycles. The van der Waals surface area contributed by atoms with Crippen molar-refractivity contribution in [3.8, 4) is 0 Å². The molecule has 0 atom stereocenters. The van der Waals surface area contributed by atoms with Gasteiger partial charge in [0, 0.05) is 15.4 Å². The fourth-order valence-electron chi connectivity index (χ4n) is 3.05. The first-order chi connectivity index (χ1) is 11.7. The molecule has 0 fully saturated rings. The molecule has 0 saturated heterocycles. The molecule has 24 heavy (non-hydrogen) atoms. The second kappa shape index (κ2) is 6.29. The molecule has 0 saturated carbocycles. The van der Waals surface area contributed by atoms with Crippen LogP contribution < -0.4 is 0 Å². The average molecular weight is 332 g/mol. The van der Waals surface area contributed by atoms with Gasteiger partial charge in [-0.25, -0.2) is 4.39 Å². The van der Waals surface area contributed by atoms with E-state index in [9.17, 15) is 4.39 Å². The summed E-state index contributed by atoms with van der Waals surface area (Å²) in [6, 6.07) is 22.3. The molecule has 118 valence electrons. The monoisotopic (exact) mass is 332 g/mol. The molecule has 4 rings (SSSR count). The number of aryl methyl sites for hydroxylation is 1. The first-order valence-corrected chi connectivity index (χ1v) is 8.83. The van der Waals surface area contributed by atoms with Crippen molar-refractivity contribution >= 4 is 23.4 Å². The fraction of sp³-hybridized carbons (Fsp3) is 0.0909. The van der Waals surface area contributed by atoms with Gasteiger partial charge in [-0.15, -0.1) is 0 Å². The second-order valence-electron chi connectivity index (χ2n) is 6.11. The van der Waals surface area contributed by atoms with Crippen LogP contribution in [0.4, 0.5) is 4.39 Å². The zero-order valence-corrected chi connectivity index (χ0v) is 14.2. The number of hydrogen-bond acceptors (Lipinski definition) is 1. The minimum Gasteiger partial charge on any atom is -0.206 e. The van der Waals surface area contributed by atoms with E-state index in [-0.39, 0.29) is 5.82 Å². The third-order valence-electron chi connectivity index (χ3n) is 4.28. The van der Waals surface area contributed by atoms with Crippen molar-refractivity contribution < 1.29 is 4.39 Å². The predicted molar refractivity (Wildman–Crippen MR) is 99.7 cm³/mol. The van der Waals surface area contributed by atoms with Crippen LogP contribution in [0.25, 0.3) is 11.6 Å². The lowest BCUT2D eigenvalue weighted by molar-refractivity contribution is 0.622. The zero-order valence-electron chi connectivity index (χ0n) is 13.4. The van der Waals surface area contributed by atoms with Gasteiger partial charge in [0.05, 0.1) is 0 Å². The summed E-state index contributed by atoms with van der Waals surface area (Å²) < 4.78 is 14.2. The molecular formula is C22H17FS. The normalized spacial score (nSPS) is 12.8. The van der Waals surface area contributed by atoms with E-state index in [1.807, 2.05) is 37.3 Å². The topological polar surface area (TPSA) is 0 Å². The minimum atomic E-state index is -0.132. The summed E-state index contributed by atoms with van der Waals surface area (Å²) in [5, 5.41) is 0. The maximum atomic E-state index is 14.2. The van der Waals surface area contributed by atoms with Crippen LogP contribution in [0, 0.1) is 12.7 Å². The summed E-state index contributed by atoms with van der Waals surface area (Å²) in [7, 11) is 0. The van der Waals surface area contributed by atoms with Gasteiger partial charge in [-0.3, -0.25) is 0 Å². The second-order valence-corrected chi connectivity index (χ2v) is 7.25. The van der Waals surface area contributed by atoms with Gasteiger partial charge in [0.15, 0.2) is 0 Å². The van der Waals surface area contributed by atoms with Crippen LogP contribution in [0.2, 0.25) is 0 Å². The molecule has 0 aromatic heterocycles. The van der Waals surface area contributed by atoms with Crippen LogP contribution in [0.1, 0.15) is 22.3 Å². The van der Waals surface area contributed by atoms with Gasteiger partial charge in [0.25, 0.3) is 0 Å². The largest absolute Gasteiger partial charge is 0.206 e. The first-order valence-electron chi connectivity index (χ1n) is 8.02. The highest BCUT2D eigenvalue weighted by Gasteiger charge is 2.17. The molecule has 0 N–H and O–H groups in total. The molecule has 3 aromatic rings. The van der Waals surface area contributed by atoms with E-state index in [0.717, 1.165) is 17.6 Å². The molecule has 1 aliphatic rings. The summed E-state index contributed by atoms with van der Waals surface area (Å²) in [5.74, 6) is -0.132. The number of benzene rings is 3. The van der Waals surface area contributed by atoms with Crippen LogP contribution in [0.5, 0.6) is 0 Å². The Morgan fingerprint density at radius 1 is 0.875 bits per heavy atom. The zero-order chi connectivity index (χ0) is 16.5. The summed E-state index contributed by atoms with van der Waals surface area (Å²) in [4.78, 5) is 2.44. The highest BCUT2D eigenvalue weighted by molar-refractivity contribution is 7.99. The smallest absolute Gasteiger partial charge is 0.130 e. The minimum absolute atomic E-state index is 0.132. The van der Waals surface area contributed by atoms with Crippen molar-refractivity contribution in [1.29, 1.82) is 0 Å². The highest BCUT2D eigenvalue weighted by atomic mass is 32.2. The van der Waals surface area contributed by atoms with E-state index in [2.05, 4.69) is 36.4 Å². The fourth-order valence-corrected chi connectivity index (χ4v) is 3.94. The summed E-state index contributed by atoms with van der Waals surface area (Å²) >= 11 is 1.75. The van der Waals surface area contributed by atoms with E-state index >= 15 is 0 Å². The molecular weight excluding hydrogens is 315 g/mol.